The number of fused-ring (bicyclic) bond motifs is 1. The van der Waals surface area contributed by atoms with Crippen molar-refractivity contribution in [1.82, 2.24) is 0 Å². The molecule has 28 heavy (non-hydrogen) atoms. The summed E-state index contributed by atoms with van der Waals surface area (Å²) < 4.78 is 16.6. The second kappa shape index (κ2) is 8.30. The maximum absolute atomic E-state index is 12.2. The van der Waals surface area contributed by atoms with Crippen molar-refractivity contribution in [3.05, 3.63) is 64.5 Å². The monoisotopic (exact) mass is 380 g/mol. The van der Waals surface area contributed by atoms with E-state index in [2.05, 4.69) is 0 Å². The van der Waals surface area contributed by atoms with Crippen molar-refractivity contribution in [3.63, 3.8) is 0 Å². The van der Waals surface area contributed by atoms with Gasteiger partial charge in [-0.15, -0.1) is 0 Å². The lowest BCUT2D eigenvalue weighted by Gasteiger charge is -2.18. The van der Waals surface area contributed by atoms with Crippen LogP contribution in [-0.2, 0) is 9.53 Å². The second-order valence-corrected chi connectivity index (χ2v) is 6.83. The Morgan fingerprint density at radius 1 is 1.11 bits per heavy atom. The van der Waals surface area contributed by atoms with Crippen molar-refractivity contribution >= 4 is 16.9 Å². The molecule has 0 N–H and O–H groups in total. The number of aryl methyl sites for hydroxylation is 1. The minimum absolute atomic E-state index is 0.164. The highest BCUT2D eigenvalue weighted by Crippen LogP contribution is 2.33. The first-order valence-electron chi connectivity index (χ1n) is 9.40. The first-order valence-corrected chi connectivity index (χ1v) is 9.40. The number of carbonyl (C=O) groups excluding carboxylic acids is 1. The van der Waals surface area contributed by atoms with Crippen LogP contribution in [0.2, 0.25) is 0 Å². The summed E-state index contributed by atoms with van der Waals surface area (Å²) >= 11 is 0. The molecular formula is C23H24O5. The van der Waals surface area contributed by atoms with Gasteiger partial charge in [0.2, 0.25) is 0 Å². The van der Waals surface area contributed by atoms with Gasteiger partial charge >= 0.3 is 11.6 Å². The van der Waals surface area contributed by atoms with Crippen molar-refractivity contribution in [2.24, 2.45) is 0 Å². The van der Waals surface area contributed by atoms with Crippen LogP contribution in [0.25, 0.3) is 22.1 Å². The molecule has 3 aromatic rings. The fourth-order valence-corrected chi connectivity index (χ4v) is 2.94. The van der Waals surface area contributed by atoms with Crippen molar-refractivity contribution in [3.8, 4) is 16.9 Å². The number of esters is 1. The summed E-state index contributed by atoms with van der Waals surface area (Å²) in [5.41, 5.74) is 2.41. The zero-order valence-electron chi connectivity index (χ0n) is 16.5. The third-order valence-electron chi connectivity index (χ3n) is 4.72. The van der Waals surface area contributed by atoms with E-state index < -0.39 is 17.7 Å². The van der Waals surface area contributed by atoms with Gasteiger partial charge in [0.15, 0.2) is 6.10 Å². The Balaban J connectivity index is 1.98. The Morgan fingerprint density at radius 2 is 1.82 bits per heavy atom. The SMILES string of the molecule is CC[C@@H](C)OC(=O)[C@H](C)Oc1ccc2c(-c3ccccc3)cc(=O)oc2c1C. The van der Waals surface area contributed by atoms with Gasteiger partial charge in [-0.3, -0.25) is 0 Å². The predicted octanol–water partition coefficient (Wildman–Crippen LogP) is 4.88. The zero-order chi connectivity index (χ0) is 20.3. The summed E-state index contributed by atoms with van der Waals surface area (Å²) in [6.07, 6.45) is -0.196. The van der Waals surface area contributed by atoms with Crippen LogP contribution >= 0.6 is 0 Å². The molecule has 1 aromatic heterocycles. The van der Waals surface area contributed by atoms with Crippen LogP contribution in [0, 0.1) is 6.92 Å². The number of hydrogen-bond donors (Lipinski definition) is 0. The lowest BCUT2D eigenvalue weighted by molar-refractivity contribution is -0.155. The van der Waals surface area contributed by atoms with E-state index in [4.69, 9.17) is 13.9 Å². The smallest absolute Gasteiger partial charge is 0.347 e. The second-order valence-electron chi connectivity index (χ2n) is 6.83. The van der Waals surface area contributed by atoms with Gasteiger partial charge in [-0.1, -0.05) is 37.3 Å². The van der Waals surface area contributed by atoms with E-state index in [1.54, 1.807) is 13.0 Å². The molecule has 0 spiro atoms. The van der Waals surface area contributed by atoms with E-state index in [1.165, 1.54) is 6.07 Å². The first kappa shape index (κ1) is 19.7. The van der Waals surface area contributed by atoms with Crippen LogP contribution in [0.4, 0.5) is 0 Å². The molecule has 3 rings (SSSR count). The van der Waals surface area contributed by atoms with E-state index in [0.29, 0.717) is 16.9 Å². The van der Waals surface area contributed by atoms with E-state index >= 15 is 0 Å². The molecule has 0 fully saturated rings. The molecule has 0 amide bonds. The standard InChI is InChI=1S/C23H24O5/c1-5-14(2)26-23(25)16(4)27-20-12-11-18-19(17-9-7-6-8-10-17)13-21(24)28-22(18)15(20)3/h6-14,16H,5H2,1-4H3/t14-,16+/m1/s1. The normalized spacial score (nSPS) is 13.1. The highest BCUT2D eigenvalue weighted by molar-refractivity contribution is 5.95. The molecule has 2 atom stereocenters. The Hall–Kier alpha value is -3.08. The number of rotatable bonds is 6. The maximum atomic E-state index is 12.2. The van der Waals surface area contributed by atoms with Crippen LogP contribution in [0.3, 0.4) is 0 Å². The summed E-state index contributed by atoms with van der Waals surface area (Å²) in [6.45, 7) is 7.24. The third kappa shape index (κ3) is 4.09. The van der Waals surface area contributed by atoms with Crippen molar-refractivity contribution < 1.29 is 18.7 Å². The largest absolute Gasteiger partial charge is 0.479 e. The first-order chi connectivity index (χ1) is 13.4. The molecule has 0 unspecified atom stereocenters. The summed E-state index contributed by atoms with van der Waals surface area (Å²) in [6, 6.07) is 14.8. The molecule has 5 heteroatoms. The number of carbonyl (C=O) groups is 1. The summed E-state index contributed by atoms with van der Waals surface area (Å²) in [4.78, 5) is 24.3. The minimum atomic E-state index is -0.769. The van der Waals surface area contributed by atoms with E-state index in [-0.39, 0.29) is 6.10 Å². The van der Waals surface area contributed by atoms with Crippen LogP contribution < -0.4 is 10.4 Å². The number of benzene rings is 2. The summed E-state index contributed by atoms with van der Waals surface area (Å²) in [5, 5.41) is 0.811. The molecular weight excluding hydrogens is 356 g/mol. The molecule has 0 saturated heterocycles. The Bertz CT molecular complexity index is 1040. The van der Waals surface area contributed by atoms with Gasteiger partial charge in [-0.05, 0) is 50.5 Å². The van der Waals surface area contributed by atoms with Crippen LogP contribution in [0.5, 0.6) is 5.75 Å². The molecule has 0 saturated carbocycles. The van der Waals surface area contributed by atoms with Gasteiger partial charge in [0.05, 0.1) is 6.10 Å². The summed E-state index contributed by atoms with van der Waals surface area (Å²) in [5.74, 6) is 0.0581. The van der Waals surface area contributed by atoms with Crippen LogP contribution in [0.1, 0.15) is 32.8 Å². The van der Waals surface area contributed by atoms with Crippen molar-refractivity contribution in [2.45, 2.75) is 46.3 Å². The molecule has 146 valence electrons. The fourth-order valence-electron chi connectivity index (χ4n) is 2.94. The van der Waals surface area contributed by atoms with Gasteiger partial charge in [0, 0.05) is 17.0 Å². The Labute approximate surface area is 163 Å². The minimum Gasteiger partial charge on any atom is -0.479 e. The molecule has 2 aromatic carbocycles. The Morgan fingerprint density at radius 3 is 2.50 bits per heavy atom. The quantitative estimate of drug-likeness (QED) is 0.450. The molecule has 5 nitrogen and oxygen atoms in total. The predicted molar refractivity (Wildman–Crippen MR) is 109 cm³/mol. The average molecular weight is 380 g/mol. The lowest BCUT2D eigenvalue weighted by atomic mass is 10.00. The molecule has 0 aliphatic heterocycles. The Kier molecular flexibility index (Phi) is 5.83. The molecule has 0 radical (unpaired) electrons. The molecule has 0 bridgehead atoms. The summed E-state index contributed by atoms with van der Waals surface area (Å²) in [7, 11) is 0. The van der Waals surface area contributed by atoms with Crippen LogP contribution in [0.15, 0.2) is 57.7 Å². The highest BCUT2D eigenvalue weighted by atomic mass is 16.6. The van der Waals surface area contributed by atoms with E-state index in [0.717, 1.165) is 22.9 Å². The van der Waals surface area contributed by atoms with Gasteiger partial charge in [0.1, 0.15) is 11.3 Å². The van der Waals surface area contributed by atoms with E-state index in [1.807, 2.05) is 57.2 Å². The van der Waals surface area contributed by atoms with Gasteiger partial charge in [-0.2, -0.15) is 0 Å². The van der Waals surface area contributed by atoms with Gasteiger partial charge in [0.25, 0.3) is 0 Å². The average Bonchev–Trinajstić information content (AvgIpc) is 2.70. The van der Waals surface area contributed by atoms with Gasteiger partial charge in [-0.25, -0.2) is 9.59 Å². The van der Waals surface area contributed by atoms with Crippen molar-refractivity contribution in [1.29, 1.82) is 0 Å². The molecule has 0 aliphatic rings. The third-order valence-corrected chi connectivity index (χ3v) is 4.72. The highest BCUT2D eigenvalue weighted by Gasteiger charge is 2.21. The number of hydrogen-bond acceptors (Lipinski definition) is 5. The zero-order valence-corrected chi connectivity index (χ0v) is 16.5. The molecule has 0 aliphatic carbocycles. The molecule has 1 heterocycles. The van der Waals surface area contributed by atoms with E-state index in [9.17, 15) is 9.59 Å². The lowest BCUT2D eigenvalue weighted by Crippen LogP contribution is -2.29. The van der Waals surface area contributed by atoms with Crippen LogP contribution in [-0.4, -0.2) is 18.2 Å². The maximum Gasteiger partial charge on any atom is 0.347 e. The fraction of sp³-hybridized carbons (Fsp3) is 0.304. The number of ether oxygens (including phenoxy) is 2. The topological polar surface area (TPSA) is 65.7 Å². The van der Waals surface area contributed by atoms with Gasteiger partial charge < -0.3 is 13.9 Å². The van der Waals surface area contributed by atoms with Crippen molar-refractivity contribution in [2.75, 3.05) is 0 Å².